The summed E-state index contributed by atoms with van der Waals surface area (Å²) in [5.74, 6) is 0.0927. The van der Waals surface area contributed by atoms with Crippen molar-refractivity contribution in [2.24, 2.45) is 0 Å². The van der Waals surface area contributed by atoms with Gasteiger partial charge in [-0.2, -0.15) is 0 Å². The van der Waals surface area contributed by atoms with Crippen molar-refractivity contribution in [1.82, 2.24) is 4.98 Å². The average Bonchev–Trinajstić information content (AvgIpc) is 2.30. The number of carbonyl (C=O) groups excluding carboxylic acids is 1. The highest BCUT2D eigenvalue weighted by atomic mass is 35.5. The maximum Gasteiger partial charge on any atom is 0.295 e. The first kappa shape index (κ1) is 10.8. The second kappa shape index (κ2) is 4.85. The predicted molar refractivity (Wildman–Crippen MR) is 57.9 cm³/mol. The standard InChI is InChI=1S/C10H9ClN2O3/c11-8-2-1-3-9(12-8)13-10(14)7-6-15-4-5-16-7/h1-3,6H,4-5H2,(H,12,13,14). The summed E-state index contributed by atoms with van der Waals surface area (Å²) in [6.07, 6.45) is 1.28. The molecule has 0 radical (unpaired) electrons. The van der Waals surface area contributed by atoms with Crippen LogP contribution in [0, 0.1) is 0 Å². The second-order valence-electron chi connectivity index (χ2n) is 3.00. The number of nitrogens with one attached hydrogen (secondary N) is 1. The van der Waals surface area contributed by atoms with Crippen molar-refractivity contribution in [2.45, 2.75) is 0 Å². The number of hydrogen-bond donors (Lipinski definition) is 1. The lowest BCUT2D eigenvalue weighted by Gasteiger charge is -2.14. The Bertz CT molecular complexity index is 434. The van der Waals surface area contributed by atoms with Gasteiger partial charge in [-0.05, 0) is 12.1 Å². The molecule has 1 aromatic heterocycles. The third-order valence-electron chi connectivity index (χ3n) is 1.83. The summed E-state index contributed by atoms with van der Waals surface area (Å²) in [4.78, 5) is 15.5. The molecule has 0 saturated heterocycles. The summed E-state index contributed by atoms with van der Waals surface area (Å²) < 4.78 is 10.1. The lowest BCUT2D eigenvalue weighted by molar-refractivity contribution is -0.117. The molecule has 2 rings (SSSR count). The number of carbonyl (C=O) groups is 1. The molecule has 1 aliphatic heterocycles. The number of rotatable bonds is 2. The average molecular weight is 241 g/mol. The number of nitrogens with zero attached hydrogens (tertiary/aromatic N) is 1. The SMILES string of the molecule is O=C(Nc1cccc(Cl)n1)C1=COCCO1. The summed E-state index contributed by atoms with van der Waals surface area (Å²) in [5, 5.41) is 2.86. The molecule has 0 fully saturated rings. The zero-order valence-electron chi connectivity index (χ0n) is 8.27. The van der Waals surface area contributed by atoms with Crippen LogP contribution in [0.25, 0.3) is 0 Å². The van der Waals surface area contributed by atoms with Crippen molar-refractivity contribution in [3.8, 4) is 0 Å². The molecule has 1 N–H and O–H groups in total. The summed E-state index contributed by atoms with van der Waals surface area (Å²) in [6.45, 7) is 0.814. The van der Waals surface area contributed by atoms with Crippen LogP contribution >= 0.6 is 11.6 Å². The van der Waals surface area contributed by atoms with E-state index in [9.17, 15) is 4.79 Å². The Morgan fingerprint density at radius 3 is 3.00 bits per heavy atom. The quantitative estimate of drug-likeness (QED) is 0.797. The van der Waals surface area contributed by atoms with Crippen LogP contribution in [-0.2, 0) is 14.3 Å². The van der Waals surface area contributed by atoms with E-state index in [1.54, 1.807) is 18.2 Å². The first-order valence-corrected chi connectivity index (χ1v) is 5.02. The summed E-state index contributed by atoms with van der Waals surface area (Å²) in [5.41, 5.74) is 0. The Kier molecular flexibility index (Phi) is 3.26. The van der Waals surface area contributed by atoms with E-state index in [-0.39, 0.29) is 5.76 Å². The fraction of sp³-hybridized carbons (Fsp3) is 0.200. The van der Waals surface area contributed by atoms with E-state index in [1.165, 1.54) is 6.26 Å². The van der Waals surface area contributed by atoms with Gasteiger partial charge in [-0.3, -0.25) is 4.79 Å². The lowest BCUT2D eigenvalue weighted by Crippen LogP contribution is -2.21. The normalized spacial score (nSPS) is 14.4. The Balaban J connectivity index is 2.04. The Morgan fingerprint density at radius 1 is 1.44 bits per heavy atom. The molecule has 0 atom stereocenters. The van der Waals surface area contributed by atoms with Crippen molar-refractivity contribution in [1.29, 1.82) is 0 Å². The van der Waals surface area contributed by atoms with Gasteiger partial charge in [-0.1, -0.05) is 17.7 Å². The molecule has 0 aromatic carbocycles. The maximum atomic E-state index is 11.6. The van der Waals surface area contributed by atoms with Crippen LogP contribution < -0.4 is 5.32 Å². The van der Waals surface area contributed by atoms with Crippen LogP contribution in [0.3, 0.4) is 0 Å². The summed E-state index contributed by atoms with van der Waals surface area (Å²) in [7, 11) is 0. The van der Waals surface area contributed by atoms with Crippen LogP contribution in [0.5, 0.6) is 0 Å². The van der Waals surface area contributed by atoms with Gasteiger partial charge in [-0.15, -0.1) is 0 Å². The Morgan fingerprint density at radius 2 is 2.31 bits per heavy atom. The first-order chi connectivity index (χ1) is 7.75. The molecule has 84 valence electrons. The molecule has 0 bridgehead atoms. The van der Waals surface area contributed by atoms with Crippen LogP contribution in [0.4, 0.5) is 5.82 Å². The first-order valence-electron chi connectivity index (χ1n) is 4.64. The van der Waals surface area contributed by atoms with E-state index in [4.69, 9.17) is 21.1 Å². The molecule has 2 heterocycles. The van der Waals surface area contributed by atoms with Gasteiger partial charge in [0.2, 0.25) is 5.76 Å². The second-order valence-corrected chi connectivity index (χ2v) is 3.39. The van der Waals surface area contributed by atoms with E-state index >= 15 is 0 Å². The molecule has 0 saturated carbocycles. The number of pyridine rings is 1. The fourth-order valence-corrected chi connectivity index (χ4v) is 1.31. The molecule has 1 aliphatic rings. The van der Waals surface area contributed by atoms with Crippen LogP contribution in [0.15, 0.2) is 30.2 Å². The minimum absolute atomic E-state index is 0.132. The van der Waals surface area contributed by atoms with Crippen molar-refractivity contribution >= 4 is 23.3 Å². The van der Waals surface area contributed by atoms with Gasteiger partial charge in [0, 0.05) is 0 Å². The van der Waals surface area contributed by atoms with Crippen molar-refractivity contribution in [3.63, 3.8) is 0 Å². The highest BCUT2D eigenvalue weighted by molar-refractivity contribution is 6.29. The van der Waals surface area contributed by atoms with Crippen molar-refractivity contribution in [2.75, 3.05) is 18.5 Å². The summed E-state index contributed by atoms with van der Waals surface area (Å²) in [6, 6.07) is 4.95. The van der Waals surface area contributed by atoms with E-state index in [0.717, 1.165) is 0 Å². The largest absolute Gasteiger partial charge is 0.494 e. The number of ether oxygens (including phenoxy) is 2. The fourth-order valence-electron chi connectivity index (χ4n) is 1.14. The molecule has 6 heteroatoms. The highest BCUT2D eigenvalue weighted by Gasteiger charge is 2.15. The number of aromatic nitrogens is 1. The van der Waals surface area contributed by atoms with Crippen molar-refractivity contribution < 1.29 is 14.3 Å². The molecule has 1 aromatic rings. The molecule has 5 nitrogen and oxygen atoms in total. The van der Waals surface area contributed by atoms with Crippen molar-refractivity contribution in [3.05, 3.63) is 35.4 Å². The van der Waals surface area contributed by atoms with Gasteiger partial charge in [0.05, 0.1) is 0 Å². The molecular formula is C10H9ClN2O3. The third kappa shape index (κ3) is 2.64. The topological polar surface area (TPSA) is 60.5 Å². The monoisotopic (exact) mass is 240 g/mol. The Hall–Kier alpha value is -1.75. The molecule has 1 amide bonds. The highest BCUT2D eigenvalue weighted by Crippen LogP contribution is 2.11. The van der Waals surface area contributed by atoms with Gasteiger partial charge in [0.25, 0.3) is 5.91 Å². The van der Waals surface area contributed by atoms with Gasteiger partial charge in [0.1, 0.15) is 30.4 Å². The lowest BCUT2D eigenvalue weighted by atomic mass is 10.4. The van der Waals surface area contributed by atoms with E-state index in [2.05, 4.69) is 10.3 Å². The van der Waals surface area contributed by atoms with Gasteiger partial charge in [0.15, 0.2) is 0 Å². The zero-order valence-corrected chi connectivity index (χ0v) is 9.03. The maximum absolute atomic E-state index is 11.6. The summed E-state index contributed by atoms with van der Waals surface area (Å²) >= 11 is 5.68. The smallest absolute Gasteiger partial charge is 0.295 e. The molecular weight excluding hydrogens is 232 g/mol. The minimum atomic E-state index is -0.408. The van der Waals surface area contributed by atoms with E-state index < -0.39 is 5.91 Å². The number of hydrogen-bond acceptors (Lipinski definition) is 4. The molecule has 0 spiro atoms. The zero-order chi connectivity index (χ0) is 11.4. The van der Waals surface area contributed by atoms with Gasteiger partial charge >= 0.3 is 0 Å². The molecule has 0 unspecified atom stereocenters. The molecule has 16 heavy (non-hydrogen) atoms. The Labute approximate surface area is 97.0 Å². The number of anilines is 1. The van der Waals surface area contributed by atoms with Gasteiger partial charge < -0.3 is 14.8 Å². The molecule has 0 aliphatic carbocycles. The number of amides is 1. The minimum Gasteiger partial charge on any atom is -0.494 e. The van der Waals surface area contributed by atoms with Crippen LogP contribution in [-0.4, -0.2) is 24.1 Å². The van der Waals surface area contributed by atoms with E-state index in [0.29, 0.717) is 24.2 Å². The van der Waals surface area contributed by atoms with Crippen LogP contribution in [0.2, 0.25) is 5.15 Å². The van der Waals surface area contributed by atoms with Crippen LogP contribution in [0.1, 0.15) is 0 Å². The van der Waals surface area contributed by atoms with E-state index in [1.807, 2.05) is 0 Å². The number of halogens is 1. The third-order valence-corrected chi connectivity index (χ3v) is 2.04. The predicted octanol–water partition coefficient (Wildman–Crippen LogP) is 1.56. The van der Waals surface area contributed by atoms with Gasteiger partial charge in [-0.25, -0.2) is 4.98 Å².